The number of carbonyl (C=O) groups is 2. The number of hydrogen-bond donors (Lipinski definition) is 2. The number of methoxy groups -OCH3 is 1. The van der Waals surface area contributed by atoms with Crippen LogP contribution in [0.15, 0.2) is 42.6 Å². The maximum atomic E-state index is 12.2. The van der Waals surface area contributed by atoms with Crippen LogP contribution in [0.4, 0.5) is 0 Å². The zero-order valence-electron chi connectivity index (χ0n) is 14.8. The first-order valence-electron chi connectivity index (χ1n) is 8.48. The fraction of sp³-hybridized carbons (Fsp3) is 0.316. The lowest BCUT2D eigenvalue weighted by molar-refractivity contribution is -0.151. The van der Waals surface area contributed by atoms with Gasteiger partial charge in [-0.05, 0) is 31.0 Å². The molecule has 3 rings (SSSR count). The van der Waals surface area contributed by atoms with Crippen molar-refractivity contribution in [3.8, 4) is 17.4 Å². The number of aromatic nitrogens is 1. The van der Waals surface area contributed by atoms with E-state index in [4.69, 9.17) is 19.3 Å². The summed E-state index contributed by atoms with van der Waals surface area (Å²) < 4.78 is 16.2. The van der Waals surface area contributed by atoms with E-state index in [1.54, 1.807) is 49.7 Å². The Kier molecular flexibility index (Phi) is 5.87. The molecule has 8 nitrogen and oxygen atoms in total. The molecule has 0 spiro atoms. The fourth-order valence-corrected chi connectivity index (χ4v) is 2.73. The van der Waals surface area contributed by atoms with Crippen molar-refractivity contribution in [1.82, 2.24) is 10.3 Å². The predicted molar refractivity (Wildman–Crippen MR) is 94.7 cm³/mol. The van der Waals surface area contributed by atoms with E-state index in [0.29, 0.717) is 35.8 Å². The number of hydrogen-bond acceptors (Lipinski definition) is 6. The number of pyridine rings is 1. The van der Waals surface area contributed by atoms with Gasteiger partial charge in [-0.15, -0.1) is 0 Å². The van der Waals surface area contributed by atoms with Crippen molar-refractivity contribution >= 4 is 11.9 Å². The molecule has 1 amide bonds. The normalized spacial score (nSPS) is 18.7. The van der Waals surface area contributed by atoms with Crippen LogP contribution in [-0.2, 0) is 20.9 Å². The van der Waals surface area contributed by atoms with Crippen molar-refractivity contribution in [1.29, 1.82) is 0 Å². The van der Waals surface area contributed by atoms with E-state index in [1.165, 1.54) is 0 Å². The third kappa shape index (κ3) is 4.73. The van der Waals surface area contributed by atoms with Gasteiger partial charge in [0.1, 0.15) is 17.6 Å². The number of rotatable bonds is 7. The Morgan fingerprint density at radius 2 is 2.00 bits per heavy atom. The number of benzene rings is 1. The molecule has 1 saturated heterocycles. The summed E-state index contributed by atoms with van der Waals surface area (Å²) in [5.41, 5.74) is 0.682. The molecule has 1 fully saturated rings. The van der Waals surface area contributed by atoms with E-state index in [9.17, 15) is 9.59 Å². The summed E-state index contributed by atoms with van der Waals surface area (Å²) in [4.78, 5) is 27.4. The van der Waals surface area contributed by atoms with Crippen molar-refractivity contribution in [2.75, 3.05) is 7.11 Å². The SMILES string of the molecule is COc1cccc(Oc2ncccc2CNC(=O)[C@@H]2CC[C@H](C(=O)O)O2)c1. The van der Waals surface area contributed by atoms with Gasteiger partial charge in [0.25, 0.3) is 0 Å². The number of carboxylic acid groups (broad SMARTS) is 1. The summed E-state index contributed by atoms with van der Waals surface area (Å²) in [7, 11) is 1.57. The second-order valence-corrected chi connectivity index (χ2v) is 6.00. The van der Waals surface area contributed by atoms with E-state index in [1.807, 2.05) is 0 Å². The fourth-order valence-electron chi connectivity index (χ4n) is 2.73. The highest BCUT2D eigenvalue weighted by atomic mass is 16.5. The van der Waals surface area contributed by atoms with Crippen molar-refractivity contribution < 1.29 is 28.9 Å². The number of nitrogens with zero attached hydrogens (tertiary/aromatic N) is 1. The summed E-state index contributed by atoms with van der Waals surface area (Å²) in [6.45, 7) is 0.184. The monoisotopic (exact) mass is 372 g/mol. The summed E-state index contributed by atoms with van der Waals surface area (Å²) in [6, 6.07) is 10.6. The lowest BCUT2D eigenvalue weighted by Crippen LogP contribution is -2.35. The van der Waals surface area contributed by atoms with Gasteiger partial charge in [-0.3, -0.25) is 4.79 Å². The third-order valence-electron chi connectivity index (χ3n) is 4.15. The minimum absolute atomic E-state index is 0.184. The zero-order chi connectivity index (χ0) is 19.2. The van der Waals surface area contributed by atoms with Gasteiger partial charge >= 0.3 is 5.97 Å². The van der Waals surface area contributed by atoms with Crippen LogP contribution in [0.25, 0.3) is 0 Å². The predicted octanol–water partition coefficient (Wildman–Crippen LogP) is 2.13. The molecular formula is C19H20N2O6. The van der Waals surface area contributed by atoms with Crippen LogP contribution < -0.4 is 14.8 Å². The molecule has 2 atom stereocenters. The Labute approximate surface area is 156 Å². The van der Waals surface area contributed by atoms with Gasteiger partial charge in [0.15, 0.2) is 6.10 Å². The molecule has 2 heterocycles. The summed E-state index contributed by atoms with van der Waals surface area (Å²) in [5, 5.41) is 11.7. The van der Waals surface area contributed by atoms with Crippen LogP contribution in [0.5, 0.6) is 17.4 Å². The first-order chi connectivity index (χ1) is 13.1. The number of amides is 1. The standard InChI is InChI=1S/C19H20N2O6/c1-25-13-5-2-6-14(10-13)26-18-12(4-3-9-20-18)11-21-17(22)15-7-8-16(27-15)19(23)24/h2-6,9-10,15-16H,7-8,11H2,1H3,(H,21,22)(H,23,24)/t15-,16+/m0/s1. The van der Waals surface area contributed by atoms with E-state index >= 15 is 0 Å². The Balaban J connectivity index is 1.62. The van der Waals surface area contributed by atoms with E-state index in [0.717, 1.165) is 0 Å². The topological polar surface area (TPSA) is 107 Å². The van der Waals surface area contributed by atoms with Crippen LogP contribution in [0, 0.1) is 0 Å². The molecule has 1 aromatic heterocycles. The number of carboxylic acids is 1. The number of ether oxygens (including phenoxy) is 3. The Hall–Kier alpha value is -3.13. The Morgan fingerprint density at radius 1 is 1.22 bits per heavy atom. The molecule has 1 aliphatic heterocycles. The van der Waals surface area contributed by atoms with Crippen LogP contribution >= 0.6 is 0 Å². The van der Waals surface area contributed by atoms with Gasteiger partial charge in [-0.25, -0.2) is 9.78 Å². The van der Waals surface area contributed by atoms with E-state index in [-0.39, 0.29) is 12.5 Å². The van der Waals surface area contributed by atoms with Crippen molar-refractivity contribution in [3.05, 3.63) is 48.2 Å². The molecule has 8 heteroatoms. The van der Waals surface area contributed by atoms with Crippen LogP contribution in [-0.4, -0.2) is 41.3 Å². The third-order valence-corrected chi connectivity index (χ3v) is 4.15. The van der Waals surface area contributed by atoms with Gasteiger partial charge in [0.05, 0.1) is 7.11 Å². The molecule has 1 aliphatic rings. The Bertz CT molecular complexity index is 825. The van der Waals surface area contributed by atoms with Gasteiger partial charge in [0.2, 0.25) is 11.8 Å². The summed E-state index contributed by atoms with van der Waals surface area (Å²) >= 11 is 0. The molecule has 27 heavy (non-hydrogen) atoms. The van der Waals surface area contributed by atoms with Crippen molar-refractivity contribution in [2.45, 2.75) is 31.6 Å². The molecule has 0 saturated carbocycles. The second kappa shape index (κ2) is 8.50. The lowest BCUT2D eigenvalue weighted by Gasteiger charge is -2.14. The average molecular weight is 372 g/mol. The maximum absolute atomic E-state index is 12.2. The van der Waals surface area contributed by atoms with Gasteiger partial charge in [-0.1, -0.05) is 12.1 Å². The van der Waals surface area contributed by atoms with E-state index < -0.39 is 18.2 Å². The highest BCUT2D eigenvalue weighted by molar-refractivity contribution is 5.82. The largest absolute Gasteiger partial charge is 0.497 e. The quantitative estimate of drug-likeness (QED) is 0.767. The summed E-state index contributed by atoms with van der Waals surface area (Å²) in [5.74, 6) is 0.178. The number of nitrogens with one attached hydrogen (secondary N) is 1. The molecule has 0 radical (unpaired) electrons. The number of aliphatic carboxylic acids is 1. The van der Waals surface area contributed by atoms with Gasteiger partial charge < -0.3 is 24.6 Å². The first kappa shape index (κ1) is 18.7. The zero-order valence-corrected chi connectivity index (χ0v) is 14.8. The highest BCUT2D eigenvalue weighted by Gasteiger charge is 2.34. The average Bonchev–Trinajstić information content (AvgIpc) is 3.18. The van der Waals surface area contributed by atoms with Crippen LogP contribution in [0.2, 0.25) is 0 Å². The lowest BCUT2D eigenvalue weighted by atomic mass is 10.2. The molecule has 0 aliphatic carbocycles. The molecule has 2 N–H and O–H groups in total. The first-order valence-corrected chi connectivity index (χ1v) is 8.48. The highest BCUT2D eigenvalue weighted by Crippen LogP contribution is 2.26. The van der Waals surface area contributed by atoms with Crippen LogP contribution in [0.1, 0.15) is 18.4 Å². The molecule has 0 bridgehead atoms. The van der Waals surface area contributed by atoms with Crippen LogP contribution in [0.3, 0.4) is 0 Å². The molecular weight excluding hydrogens is 352 g/mol. The smallest absolute Gasteiger partial charge is 0.332 e. The Morgan fingerprint density at radius 3 is 2.74 bits per heavy atom. The van der Waals surface area contributed by atoms with Crippen molar-refractivity contribution in [3.63, 3.8) is 0 Å². The molecule has 142 valence electrons. The number of carbonyl (C=O) groups excluding carboxylic acids is 1. The molecule has 1 aromatic carbocycles. The molecule has 0 unspecified atom stereocenters. The molecule has 2 aromatic rings. The second-order valence-electron chi connectivity index (χ2n) is 6.00. The summed E-state index contributed by atoms with van der Waals surface area (Å²) in [6.07, 6.45) is 0.614. The minimum atomic E-state index is -1.05. The van der Waals surface area contributed by atoms with E-state index in [2.05, 4.69) is 10.3 Å². The maximum Gasteiger partial charge on any atom is 0.332 e. The van der Waals surface area contributed by atoms with Crippen molar-refractivity contribution in [2.24, 2.45) is 0 Å². The van der Waals surface area contributed by atoms with Gasteiger partial charge in [0, 0.05) is 24.4 Å². The minimum Gasteiger partial charge on any atom is -0.497 e. The van der Waals surface area contributed by atoms with Gasteiger partial charge in [-0.2, -0.15) is 0 Å².